The van der Waals surface area contributed by atoms with Gasteiger partial charge in [0.2, 0.25) is 5.91 Å². The highest BCUT2D eigenvalue weighted by Crippen LogP contribution is 2.28. The van der Waals surface area contributed by atoms with Crippen LogP contribution in [0.25, 0.3) is 11.2 Å². The van der Waals surface area contributed by atoms with Crippen molar-refractivity contribution in [3.63, 3.8) is 0 Å². The molecule has 3 rings (SSSR count). The van der Waals surface area contributed by atoms with Gasteiger partial charge in [0.1, 0.15) is 0 Å². The highest BCUT2D eigenvalue weighted by Gasteiger charge is 2.14. The van der Waals surface area contributed by atoms with Crippen LogP contribution in [0.3, 0.4) is 0 Å². The highest BCUT2D eigenvalue weighted by atomic mass is 32.2. The smallest absolute Gasteiger partial charge is 0.282 e. The Morgan fingerprint density at radius 2 is 1.93 bits per heavy atom. The van der Waals surface area contributed by atoms with E-state index in [0.29, 0.717) is 29.6 Å². The average molecular weight is 401 g/mol. The number of nitrogens with zero attached hydrogens (tertiary/aromatic N) is 4. The summed E-state index contributed by atoms with van der Waals surface area (Å²) >= 11 is 1.10. The molecule has 0 fully saturated rings. The first-order valence-electron chi connectivity index (χ1n) is 8.37. The molecule has 28 heavy (non-hydrogen) atoms. The molecular weight excluding hydrogens is 382 g/mol. The van der Waals surface area contributed by atoms with E-state index in [1.807, 2.05) is 18.2 Å². The monoisotopic (exact) mass is 401 g/mol. The molecule has 0 aliphatic carbocycles. The van der Waals surface area contributed by atoms with E-state index in [1.54, 1.807) is 14.2 Å². The molecule has 0 saturated carbocycles. The number of benzene rings is 1. The van der Waals surface area contributed by atoms with Crippen molar-refractivity contribution in [2.75, 3.05) is 20.0 Å². The largest absolute Gasteiger partial charge is 0.493 e. The van der Waals surface area contributed by atoms with Crippen molar-refractivity contribution in [1.82, 2.24) is 19.5 Å². The maximum absolute atomic E-state index is 12.9. The summed E-state index contributed by atoms with van der Waals surface area (Å²) < 4.78 is 12.0. The lowest BCUT2D eigenvalue weighted by Crippen LogP contribution is -2.26. The van der Waals surface area contributed by atoms with Gasteiger partial charge in [-0.25, -0.2) is 15.0 Å². The zero-order chi connectivity index (χ0) is 20.1. The maximum atomic E-state index is 12.9. The Bertz CT molecular complexity index is 1070. The molecule has 9 nitrogen and oxygen atoms in total. The number of ether oxygens (including phenoxy) is 2. The second-order valence-electron chi connectivity index (χ2n) is 5.77. The lowest BCUT2D eigenvalue weighted by molar-refractivity contribution is -0.115. The number of amides is 1. The van der Waals surface area contributed by atoms with Gasteiger partial charge in [-0.1, -0.05) is 17.8 Å². The van der Waals surface area contributed by atoms with Crippen molar-refractivity contribution >= 4 is 28.8 Å². The zero-order valence-electron chi connectivity index (χ0n) is 15.4. The molecule has 1 amide bonds. The molecule has 2 heterocycles. The number of thioether (sulfide) groups is 1. The first-order valence-corrected chi connectivity index (χ1v) is 9.35. The van der Waals surface area contributed by atoms with Crippen LogP contribution < -0.4 is 20.8 Å². The van der Waals surface area contributed by atoms with Crippen LogP contribution in [0.1, 0.15) is 5.56 Å². The SMILES string of the molecule is COc1ccc(CCn2c(SCC(N)=O)nc3nccnc3c2=O)cc1OC. The third-order valence-electron chi connectivity index (χ3n) is 3.97. The summed E-state index contributed by atoms with van der Waals surface area (Å²) in [5, 5.41) is 0.372. The normalized spacial score (nSPS) is 10.8. The summed E-state index contributed by atoms with van der Waals surface area (Å²) in [6.45, 7) is 0.342. The molecule has 2 N–H and O–H groups in total. The molecule has 0 aliphatic rings. The van der Waals surface area contributed by atoms with Crippen molar-refractivity contribution in [3.05, 3.63) is 46.5 Å². The number of primary amides is 1. The fraction of sp³-hybridized carbons (Fsp3) is 0.278. The number of fused-ring (bicyclic) bond motifs is 1. The van der Waals surface area contributed by atoms with Crippen molar-refractivity contribution < 1.29 is 14.3 Å². The summed E-state index contributed by atoms with van der Waals surface area (Å²) in [6, 6.07) is 5.56. The predicted molar refractivity (Wildman–Crippen MR) is 105 cm³/mol. The van der Waals surface area contributed by atoms with E-state index in [4.69, 9.17) is 15.2 Å². The second kappa shape index (κ2) is 8.70. The van der Waals surface area contributed by atoms with Crippen molar-refractivity contribution in [3.8, 4) is 11.5 Å². The van der Waals surface area contributed by atoms with E-state index < -0.39 is 5.91 Å². The van der Waals surface area contributed by atoms with E-state index in [-0.39, 0.29) is 22.5 Å². The Morgan fingerprint density at radius 3 is 2.64 bits per heavy atom. The number of rotatable bonds is 8. The number of hydrogen-bond donors (Lipinski definition) is 1. The molecule has 1 aromatic carbocycles. The predicted octanol–water partition coefficient (Wildman–Crippen LogP) is 1.02. The molecule has 0 unspecified atom stereocenters. The minimum Gasteiger partial charge on any atom is -0.493 e. The van der Waals surface area contributed by atoms with Crippen LogP contribution in [0, 0.1) is 0 Å². The van der Waals surface area contributed by atoms with E-state index >= 15 is 0 Å². The van der Waals surface area contributed by atoms with Crippen LogP contribution >= 0.6 is 11.8 Å². The summed E-state index contributed by atoms with van der Waals surface area (Å²) in [5.74, 6) is 0.751. The third-order valence-corrected chi connectivity index (χ3v) is 4.97. The fourth-order valence-corrected chi connectivity index (χ4v) is 3.40. The van der Waals surface area contributed by atoms with Crippen molar-refractivity contribution in [1.29, 1.82) is 0 Å². The lowest BCUT2D eigenvalue weighted by atomic mass is 10.1. The summed E-state index contributed by atoms with van der Waals surface area (Å²) in [6.07, 6.45) is 3.45. The first-order chi connectivity index (χ1) is 13.5. The van der Waals surface area contributed by atoms with E-state index in [2.05, 4.69) is 15.0 Å². The Morgan fingerprint density at radius 1 is 1.18 bits per heavy atom. The molecule has 0 bridgehead atoms. The van der Waals surface area contributed by atoms with Crippen LogP contribution in [0.4, 0.5) is 0 Å². The Balaban J connectivity index is 1.94. The Kier molecular flexibility index (Phi) is 6.09. The second-order valence-corrected chi connectivity index (χ2v) is 6.72. The number of hydrogen-bond acceptors (Lipinski definition) is 8. The maximum Gasteiger partial charge on any atom is 0.282 e. The lowest BCUT2D eigenvalue weighted by Gasteiger charge is -2.13. The van der Waals surface area contributed by atoms with Gasteiger partial charge in [0.05, 0.1) is 20.0 Å². The van der Waals surface area contributed by atoms with Gasteiger partial charge in [-0.15, -0.1) is 0 Å². The minimum atomic E-state index is -0.495. The standard InChI is InChI=1S/C18H19N5O4S/c1-26-12-4-3-11(9-13(12)27-2)5-8-23-17(25)15-16(21-7-6-20-15)22-18(23)28-10-14(19)24/h3-4,6-7,9H,5,8,10H2,1-2H3,(H2,19,24). The quantitative estimate of drug-likeness (QED) is 0.439. The van der Waals surface area contributed by atoms with E-state index in [0.717, 1.165) is 17.3 Å². The van der Waals surface area contributed by atoms with Gasteiger partial charge < -0.3 is 15.2 Å². The first kappa shape index (κ1) is 19.6. The van der Waals surface area contributed by atoms with E-state index in [9.17, 15) is 9.59 Å². The topological polar surface area (TPSA) is 122 Å². The zero-order valence-corrected chi connectivity index (χ0v) is 16.2. The molecule has 0 spiro atoms. The molecule has 0 radical (unpaired) electrons. The summed E-state index contributed by atoms with van der Waals surface area (Å²) in [5.41, 5.74) is 6.29. The van der Waals surface area contributed by atoms with Crippen LogP contribution in [0.5, 0.6) is 11.5 Å². The number of methoxy groups -OCH3 is 2. The van der Waals surface area contributed by atoms with Gasteiger partial charge in [0.25, 0.3) is 5.56 Å². The van der Waals surface area contributed by atoms with Crippen LogP contribution in [-0.4, -0.2) is 45.4 Å². The van der Waals surface area contributed by atoms with Crippen LogP contribution in [0.2, 0.25) is 0 Å². The molecule has 3 aromatic rings. The van der Waals surface area contributed by atoms with Crippen LogP contribution in [0.15, 0.2) is 40.5 Å². The third kappa shape index (κ3) is 4.22. The Labute approximate surface area is 164 Å². The molecule has 2 aromatic heterocycles. The highest BCUT2D eigenvalue weighted by molar-refractivity contribution is 7.99. The minimum absolute atomic E-state index is 0.00850. The average Bonchev–Trinajstić information content (AvgIpc) is 2.71. The number of carbonyl (C=O) groups is 1. The molecule has 0 saturated heterocycles. The molecule has 0 aliphatic heterocycles. The Hall–Kier alpha value is -3.14. The fourth-order valence-electron chi connectivity index (χ4n) is 2.65. The van der Waals surface area contributed by atoms with Gasteiger partial charge in [0, 0.05) is 18.9 Å². The number of aryl methyl sites for hydroxylation is 1. The number of nitrogens with two attached hydrogens (primary N) is 1. The van der Waals surface area contributed by atoms with Crippen LogP contribution in [-0.2, 0) is 17.8 Å². The van der Waals surface area contributed by atoms with Gasteiger partial charge in [-0.3, -0.25) is 14.2 Å². The number of aromatic nitrogens is 4. The molecular formula is C18H19N5O4S. The van der Waals surface area contributed by atoms with Gasteiger partial charge in [-0.2, -0.15) is 0 Å². The molecule has 0 atom stereocenters. The molecule has 10 heteroatoms. The van der Waals surface area contributed by atoms with Gasteiger partial charge in [0.15, 0.2) is 27.8 Å². The van der Waals surface area contributed by atoms with Gasteiger partial charge >= 0.3 is 0 Å². The number of carbonyl (C=O) groups excluding carboxylic acids is 1. The summed E-state index contributed by atoms with van der Waals surface area (Å²) in [4.78, 5) is 36.6. The van der Waals surface area contributed by atoms with E-state index in [1.165, 1.54) is 17.0 Å². The van der Waals surface area contributed by atoms with Gasteiger partial charge in [-0.05, 0) is 24.1 Å². The summed E-state index contributed by atoms with van der Waals surface area (Å²) in [7, 11) is 3.14. The van der Waals surface area contributed by atoms with Crippen molar-refractivity contribution in [2.24, 2.45) is 5.73 Å². The van der Waals surface area contributed by atoms with Crippen molar-refractivity contribution in [2.45, 2.75) is 18.1 Å². The molecule has 146 valence electrons.